The van der Waals surface area contributed by atoms with Crippen molar-refractivity contribution in [1.29, 1.82) is 0 Å². The highest BCUT2D eigenvalue weighted by molar-refractivity contribution is 9.10. The molecule has 1 unspecified atom stereocenters. The van der Waals surface area contributed by atoms with Crippen molar-refractivity contribution in [3.8, 4) is 0 Å². The lowest BCUT2D eigenvalue weighted by atomic mass is 9.94. The van der Waals surface area contributed by atoms with Crippen molar-refractivity contribution < 1.29 is 31.1 Å². The average Bonchev–Trinajstić information content (AvgIpc) is 3.04. The first-order valence-corrected chi connectivity index (χ1v) is 11.3. The fourth-order valence-electron chi connectivity index (χ4n) is 3.35. The molecule has 1 heterocycles. The Morgan fingerprint density at radius 3 is 2.77 bits per heavy atom. The Morgan fingerprint density at radius 2 is 2.10 bits per heavy atom. The molecule has 1 aliphatic carbocycles. The van der Waals surface area contributed by atoms with Gasteiger partial charge in [-0.1, -0.05) is 15.9 Å². The zero-order valence-electron chi connectivity index (χ0n) is 15.9. The monoisotopic (exact) mass is 509 g/mol. The van der Waals surface area contributed by atoms with Crippen molar-refractivity contribution in [2.75, 3.05) is 6.61 Å². The SMILES string of the molecule is CC(=O)OCCn1ncc2c1CCCC2NS(=O)(=O)c1cc(Br)cc(C(F)(F)F)c1. The van der Waals surface area contributed by atoms with Crippen molar-refractivity contribution in [3.05, 3.63) is 45.7 Å². The van der Waals surface area contributed by atoms with Gasteiger partial charge in [0.15, 0.2) is 0 Å². The van der Waals surface area contributed by atoms with Gasteiger partial charge >= 0.3 is 12.1 Å². The summed E-state index contributed by atoms with van der Waals surface area (Å²) in [7, 11) is -4.21. The largest absolute Gasteiger partial charge is 0.464 e. The molecule has 12 heteroatoms. The summed E-state index contributed by atoms with van der Waals surface area (Å²) in [5.74, 6) is -0.408. The first-order chi connectivity index (χ1) is 14.0. The lowest BCUT2D eigenvalue weighted by Crippen LogP contribution is -2.31. The third kappa shape index (κ3) is 5.22. The first-order valence-electron chi connectivity index (χ1n) is 9.05. The molecule has 0 bridgehead atoms. The molecule has 3 rings (SSSR count). The van der Waals surface area contributed by atoms with E-state index in [1.54, 1.807) is 4.68 Å². The number of carbonyl (C=O) groups is 1. The lowest BCUT2D eigenvalue weighted by Gasteiger charge is -2.24. The molecule has 30 heavy (non-hydrogen) atoms. The van der Waals surface area contributed by atoms with Crippen molar-refractivity contribution in [3.63, 3.8) is 0 Å². The lowest BCUT2D eigenvalue weighted by molar-refractivity contribution is -0.141. The standard InChI is InChI=1S/C18H19BrF3N3O4S/c1-11(26)29-6-5-25-17-4-2-3-16(15(17)10-23-25)24-30(27,28)14-8-12(18(20,21)22)7-13(19)9-14/h7-10,16,24H,2-6H2,1H3. The molecule has 2 aromatic rings. The van der Waals surface area contributed by atoms with E-state index in [-0.39, 0.29) is 11.1 Å². The number of esters is 1. The highest BCUT2D eigenvalue weighted by Crippen LogP contribution is 2.35. The van der Waals surface area contributed by atoms with Gasteiger partial charge in [0, 0.05) is 22.7 Å². The number of rotatable bonds is 6. The number of hydrogen-bond donors (Lipinski definition) is 1. The maximum atomic E-state index is 13.1. The minimum atomic E-state index is -4.67. The topological polar surface area (TPSA) is 90.3 Å². The summed E-state index contributed by atoms with van der Waals surface area (Å²) < 4.78 is 73.9. The molecule has 1 N–H and O–H groups in total. The molecule has 1 aromatic carbocycles. The third-order valence-corrected chi connectivity index (χ3v) is 6.59. The van der Waals surface area contributed by atoms with Gasteiger partial charge in [-0.2, -0.15) is 18.3 Å². The minimum absolute atomic E-state index is 0.0142. The Kier molecular flexibility index (Phi) is 6.58. The molecule has 164 valence electrons. The number of alkyl halides is 3. The molecule has 0 amide bonds. The molecule has 0 saturated heterocycles. The predicted molar refractivity (Wildman–Crippen MR) is 104 cm³/mol. The normalized spacial score (nSPS) is 16.9. The number of fused-ring (bicyclic) bond motifs is 1. The van der Waals surface area contributed by atoms with Crippen LogP contribution in [0.2, 0.25) is 0 Å². The molecule has 0 aliphatic heterocycles. The number of ether oxygens (including phenoxy) is 1. The summed E-state index contributed by atoms with van der Waals surface area (Å²) in [5, 5.41) is 4.24. The second-order valence-electron chi connectivity index (χ2n) is 6.85. The number of aromatic nitrogens is 2. The van der Waals surface area contributed by atoms with Gasteiger partial charge in [0.05, 0.1) is 29.2 Å². The molecule has 0 spiro atoms. The summed E-state index contributed by atoms with van der Waals surface area (Å²) in [5.41, 5.74) is 0.421. The number of nitrogens with one attached hydrogen (secondary N) is 1. The number of hydrogen-bond acceptors (Lipinski definition) is 5. The quantitative estimate of drug-likeness (QED) is 0.601. The molecular weight excluding hydrogens is 491 g/mol. The van der Waals surface area contributed by atoms with Crippen molar-refractivity contribution in [2.24, 2.45) is 0 Å². The summed E-state index contributed by atoms with van der Waals surface area (Å²) in [6, 6.07) is 1.95. The van der Waals surface area contributed by atoms with Crippen LogP contribution in [0.25, 0.3) is 0 Å². The Morgan fingerprint density at radius 1 is 1.37 bits per heavy atom. The van der Waals surface area contributed by atoms with E-state index in [1.165, 1.54) is 13.1 Å². The summed E-state index contributed by atoms with van der Waals surface area (Å²) in [6.45, 7) is 1.77. The third-order valence-electron chi connectivity index (χ3n) is 4.68. The van der Waals surface area contributed by atoms with E-state index < -0.39 is 38.7 Å². The fraction of sp³-hybridized carbons (Fsp3) is 0.444. The van der Waals surface area contributed by atoms with Crippen LogP contribution in [-0.2, 0) is 38.7 Å². The van der Waals surface area contributed by atoms with Crippen LogP contribution in [0, 0.1) is 0 Å². The van der Waals surface area contributed by atoms with Crippen molar-refractivity contribution >= 4 is 31.9 Å². The van der Waals surface area contributed by atoms with Gasteiger partial charge in [0.1, 0.15) is 6.61 Å². The van der Waals surface area contributed by atoms with Crippen LogP contribution in [0.1, 0.15) is 42.6 Å². The van der Waals surface area contributed by atoms with E-state index in [0.29, 0.717) is 37.4 Å². The minimum Gasteiger partial charge on any atom is -0.464 e. The van der Waals surface area contributed by atoms with Crippen LogP contribution in [0.5, 0.6) is 0 Å². The Balaban J connectivity index is 1.83. The zero-order valence-corrected chi connectivity index (χ0v) is 18.3. The predicted octanol–water partition coefficient (Wildman–Crippen LogP) is 3.58. The number of benzene rings is 1. The molecule has 0 saturated carbocycles. The number of nitrogens with zero attached hydrogens (tertiary/aromatic N) is 2. The fourth-order valence-corrected chi connectivity index (χ4v) is 5.31. The number of sulfonamides is 1. The van der Waals surface area contributed by atoms with E-state index in [2.05, 4.69) is 25.8 Å². The van der Waals surface area contributed by atoms with Gasteiger partial charge in [-0.3, -0.25) is 9.48 Å². The van der Waals surface area contributed by atoms with E-state index in [4.69, 9.17) is 4.74 Å². The summed E-state index contributed by atoms with van der Waals surface area (Å²) in [4.78, 5) is 10.4. The van der Waals surface area contributed by atoms with E-state index in [9.17, 15) is 26.4 Å². The van der Waals surface area contributed by atoms with Crippen LogP contribution < -0.4 is 4.72 Å². The molecule has 1 aromatic heterocycles. The van der Waals surface area contributed by atoms with Crippen molar-refractivity contribution in [1.82, 2.24) is 14.5 Å². The summed E-state index contributed by atoms with van der Waals surface area (Å²) in [6.07, 6.45) is -1.30. The van der Waals surface area contributed by atoms with Crippen LogP contribution in [-0.4, -0.2) is 30.8 Å². The zero-order chi connectivity index (χ0) is 22.1. The van der Waals surface area contributed by atoms with Gasteiger partial charge in [-0.15, -0.1) is 0 Å². The van der Waals surface area contributed by atoms with Crippen LogP contribution in [0.4, 0.5) is 13.2 Å². The maximum Gasteiger partial charge on any atom is 0.416 e. The van der Waals surface area contributed by atoms with E-state index in [0.717, 1.165) is 17.8 Å². The van der Waals surface area contributed by atoms with Gasteiger partial charge in [0.25, 0.3) is 0 Å². The molecule has 0 radical (unpaired) electrons. The van der Waals surface area contributed by atoms with E-state index in [1.807, 2.05) is 0 Å². The second kappa shape index (κ2) is 8.67. The van der Waals surface area contributed by atoms with Crippen LogP contribution in [0.15, 0.2) is 33.8 Å². The van der Waals surface area contributed by atoms with Crippen LogP contribution in [0.3, 0.4) is 0 Å². The molecule has 7 nitrogen and oxygen atoms in total. The summed E-state index contributed by atoms with van der Waals surface area (Å²) >= 11 is 2.95. The van der Waals surface area contributed by atoms with Gasteiger partial charge in [-0.05, 0) is 37.5 Å². The second-order valence-corrected chi connectivity index (χ2v) is 9.48. The van der Waals surface area contributed by atoms with Gasteiger partial charge in [0.2, 0.25) is 10.0 Å². The first kappa shape index (κ1) is 22.8. The van der Waals surface area contributed by atoms with E-state index >= 15 is 0 Å². The smallest absolute Gasteiger partial charge is 0.416 e. The van der Waals surface area contributed by atoms with Crippen LogP contribution >= 0.6 is 15.9 Å². The Bertz CT molecular complexity index is 1050. The Labute approximate surface area is 179 Å². The van der Waals surface area contributed by atoms with Crippen molar-refractivity contribution in [2.45, 2.75) is 49.8 Å². The Hall–Kier alpha value is -1.92. The number of halogens is 4. The van der Waals surface area contributed by atoms with Gasteiger partial charge < -0.3 is 4.74 Å². The molecule has 1 aliphatic rings. The van der Waals surface area contributed by atoms with Gasteiger partial charge in [-0.25, -0.2) is 13.1 Å². The molecular formula is C18H19BrF3N3O4S. The average molecular weight is 510 g/mol. The highest BCUT2D eigenvalue weighted by Gasteiger charge is 2.34. The maximum absolute atomic E-state index is 13.1. The molecule has 0 fully saturated rings. The highest BCUT2D eigenvalue weighted by atomic mass is 79.9. The number of carbonyl (C=O) groups excluding carboxylic acids is 1. The molecule has 1 atom stereocenters.